The van der Waals surface area contributed by atoms with Crippen molar-refractivity contribution >= 4 is 16.6 Å². The van der Waals surface area contributed by atoms with E-state index in [1.807, 2.05) is 35.4 Å². The monoisotopic (exact) mass is 271 g/mol. The molecule has 0 radical (unpaired) electrons. The van der Waals surface area contributed by atoms with E-state index in [9.17, 15) is 10.1 Å². The normalized spacial score (nSPS) is 11.1. The number of nitro benzene ring substituents is 1. The van der Waals surface area contributed by atoms with Gasteiger partial charge in [0, 0.05) is 30.8 Å². The Morgan fingerprint density at radius 1 is 1.30 bits per heavy atom. The van der Waals surface area contributed by atoms with Crippen LogP contribution in [0.1, 0.15) is 11.6 Å². The van der Waals surface area contributed by atoms with E-state index in [4.69, 9.17) is 0 Å². The fraction of sp³-hybridized carbons (Fsp3) is 0.231. The first-order valence-electron chi connectivity index (χ1n) is 6.14. The van der Waals surface area contributed by atoms with Crippen LogP contribution in [0.5, 0.6) is 0 Å². The molecule has 2 aromatic heterocycles. The highest BCUT2D eigenvalue weighted by Crippen LogP contribution is 2.22. The van der Waals surface area contributed by atoms with E-state index in [0.717, 1.165) is 22.6 Å². The third-order valence-corrected chi connectivity index (χ3v) is 3.46. The highest BCUT2D eigenvalue weighted by molar-refractivity contribution is 5.82. The average Bonchev–Trinajstić information content (AvgIpc) is 2.97. The van der Waals surface area contributed by atoms with Crippen molar-refractivity contribution in [2.24, 2.45) is 7.05 Å². The van der Waals surface area contributed by atoms with Gasteiger partial charge in [-0.2, -0.15) is 0 Å². The number of rotatable bonds is 3. The van der Waals surface area contributed by atoms with Crippen LogP contribution in [0.15, 0.2) is 30.5 Å². The van der Waals surface area contributed by atoms with Gasteiger partial charge in [0.15, 0.2) is 5.82 Å². The van der Waals surface area contributed by atoms with Gasteiger partial charge in [0.2, 0.25) is 0 Å². The Morgan fingerprint density at radius 2 is 2.10 bits per heavy atom. The zero-order valence-corrected chi connectivity index (χ0v) is 11.1. The van der Waals surface area contributed by atoms with Gasteiger partial charge in [-0.15, -0.1) is 10.2 Å². The van der Waals surface area contributed by atoms with Crippen molar-refractivity contribution < 1.29 is 4.92 Å². The maximum absolute atomic E-state index is 10.9. The number of nitro groups is 1. The lowest BCUT2D eigenvalue weighted by Gasteiger charge is -2.05. The zero-order valence-electron chi connectivity index (χ0n) is 11.1. The lowest BCUT2D eigenvalue weighted by Crippen LogP contribution is -2.06. The number of nitrogens with zero attached hydrogens (tertiary/aromatic N) is 5. The number of hydrogen-bond acceptors (Lipinski definition) is 4. The molecule has 0 fully saturated rings. The molecule has 3 rings (SSSR count). The Labute approximate surface area is 114 Å². The molecule has 0 spiro atoms. The number of aromatic nitrogens is 4. The third-order valence-electron chi connectivity index (χ3n) is 3.46. The van der Waals surface area contributed by atoms with Gasteiger partial charge in [0.25, 0.3) is 5.69 Å². The second-order valence-electron chi connectivity index (χ2n) is 4.67. The van der Waals surface area contributed by atoms with Crippen LogP contribution >= 0.6 is 0 Å². The lowest BCUT2D eigenvalue weighted by atomic mass is 10.2. The number of fused-ring (bicyclic) bond motifs is 1. The number of aryl methyl sites for hydroxylation is 1. The molecule has 0 aliphatic rings. The van der Waals surface area contributed by atoms with Crippen LogP contribution in [0, 0.1) is 17.0 Å². The van der Waals surface area contributed by atoms with Crippen molar-refractivity contribution in [1.29, 1.82) is 0 Å². The summed E-state index contributed by atoms with van der Waals surface area (Å²) in [6, 6.07) is 6.78. The number of hydrogen-bond donors (Lipinski definition) is 0. The van der Waals surface area contributed by atoms with Crippen LogP contribution in [0.4, 0.5) is 5.69 Å². The maximum atomic E-state index is 10.9. The van der Waals surface area contributed by atoms with Crippen molar-refractivity contribution in [3.8, 4) is 0 Å². The molecule has 0 atom stereocenters. The molecule has 0 N–H and O–H groups in total. The molecular weight excluding hydrogens is 258 g/mol. The molecule has 0 amide bonds. The number of non-ortho nitro benzene ring substituents is 1. The molecule has 7 heteroatoms. The maximum Gasteiger partial charge on any atom is 0.271 e. The predicted octanol–water partition coefficient (Wildman–Crippen LogP) is 2.03. The van der Waals surface area contributed by atoms with Crippen LogP contribution in [0.3, 0.4) is 0 Å². The Kier molecular flexibility index (Phi) is 2.74. The van der Waals surface area contributed by atoms with E-state index in [2.05, 4.69) is 10.2 Å². The second-order valence-corrected chi connectivity index (χ2v) is 4.67. The fourth-order valence-corrected chi connectivity index (χ4v) is 2.16. The van der Waals surface area contributed by atoms with Gasteiger partial charge < -0.3 is 9.13 Å². The van der Waals surface area contributed by atoms with E-state index >= 15 is 0 Å². The average molecular weight is 271 g/mol. The zero-order chi connectivity index (χ0) is 14.3. The molecule has 0 saturated carbocycles. The molecule has 0 bridgehead atoms. The summed E-state index contributed by atoms with van der Waals surface area (Å²) in [7, 11) is 1.90. The van der Waals surface area contributed by atoms with Crippen molar-refractivity contribution in [2.75, 3.05) is 0 Å². The first-order valence-corrected chi connectivity index (χ1v) is 6.14. The molecule has 0 aliphatic carbocycles. The summed E-state index contributed by atoms with van der Waals surface area (Å²) in [5, 5.41) is 20.0. The van der Waals surface area contributed by atoms with Gasteiger partial charge in [0.05, 0.1) is 17.0 Å². The molecule has 102 valence electrons. The molecule has 20 heavy (non-hydrogen) atoms. The van der Waals surface area contributed by atoms with Gasteiger partial charge in [-0.1, -0.05) is 0 Å². The highest BCUT2D eigenvalue weighted by atomic mass is 16.6. The summed E-state index contributed by atoms with van der Waals surface area (Å²) >= 11 is 0. The minimum atomic E-state index is -0.386. The quantitative estimate of drug-likeness (QED) is 0.539. The molecule has 2 heterocycles. The summed E-state index contributed by atoms with van der Waals surface area (Å²) in [6.07, 6.45) is 1.90. The SMILES string of the molecule is Cc1nnc(Cn2ccc3ccc([N+](=O)[O-])cc32)n1C. The summed E-state index contributed by atoms with van der Waals surface area (Å²) in [4.78, 5) is 10.5. The van der Waals surface area contributed by atoms with Crippen molar-refractivity contribution in [3.05, 3.63) is 52.2 Å². The van der Waals surface area contributed by atoms with Crippen LogP contribution in [0.25, 0.3) is 10.9 Å². The van der Waals surface area contributed by atoms with E-state index in [1.54, 1.807) is 12.1 Å². The van der Waals surface area contributed by atoms with Gasteiger partial charge >= 0.3 is 0 Å². The van der Waals surface area contributed by atoms with E-state index in [-0.39, 0.29) is 10.6 Å². The second kappa shape index (κ2) is 4.44. The van der Waals surface area contributed by atoms with Gasteiger partial charge in [0.1, 0.15) is 5.82 Å². The van der Waals surface area contributed by atoms with E-state index < -0.39 is 0 Å². The summed E-state index contributed by atoms with van der Waals surface area (Å²) in [5.74, 6) is 1.65. The topological polar surface area (TPSA) is 78.8 Å². The van der Waals surface area contributed by atoms with Crippen LogP contribution in [-0.4, -0.2) is 24.3 Å². The summed E-state index contributed by atoms with van der Waals surface area (Å²) < 4.78 is 3.84. The predicted molar refractivity (Wildman–Crippen MR) is 73.4 cm³/mol. The van der Waals surface area contributed by atoms with Crippen LogP contribution in [0.2, 0.25) is 0 Å². The van der Waals surface area contributed by atoms with Crippen LogP contribution < -0.4 is 0 Å². The fourth-order valence-electron chi connectivity index (χ4n) is 2.16. The Bertz CT molecular complexity index is 802. The van der Waals surface area contributed by atoms with Gasteiger partial charge in [-0.25, -0.2) is 0 Å². The summed E-state index contributed by atoms with van der Waals surface area (Å²) in [5.41, 5.74) is 0.909. The minimum absolute atomic E-state index is 0.0894. The first-order chi connectivity index (χ1) is 9.56. The van der Waals surface area contributed by atoms with Crippen molar-refractivity contribution in [1.82, 2.24) is 19.3 Å². The molecule has 0 aliphatic heterocycles. The smallest absolute Gasteiger partial charge is 0.271 e. The Hall–Kier alpha value is -2.70. The van der Waals surface area contributed by atoms with E-state index in [1.165, 1.54) is 6.07 Å². The Balaban J connectivity index is 2.05. The Morgan fingerprint density at radius 3 is 2.75 bits per heavy atom. The van der Waals surface area contributed by atoms with Gasteiger partial charge in [-0.3, -0.25) is 10.1 Å². The highest BCUT2D eigenvalue weighted by Gasteiger charge is 2.11. The molecule has 1 aromatic carbocycles. The lowest BCUT2D eigenvalue weighted by molar-refractivity contribution is -0.384. The standard InChI is InChI=1S/C13H13N5O2/c1-9-14-15-13(16(9)2)8-17-6-5-10-3-4-11(18(19)20)7-12(10)17/h3-7H,8H2,1-2H3. The third kappa shape index (κ3) is 1.93. The minimum Gasteiger partial charge on any atom is -0.340 e. The van der Waals surface area contributed by atoms with Gasteiger partial charge in [-0.05, 0) is 19.1 Å². The largest absolute Gasteiger partial charge is 0.340 e. The molecule has 7 nitrogen and oxygen atoms in total. The molecular formula is C13H13N5O2. The number of benzene rings is 1. The first kappa shape index (κ1) is 12.3. The van der Waals surface area contributed by atoms with Crippen molar-refractivity contribution in [2.45, 2.75) is 13.5 Å². The summed E-state index contributed by atoms with van der Waals surface area (Å²) in [6.45, 7) is 2.41. The van der Waals surface area contributed by atoms with Crippen molar-refractivity contribution in [3.63, 3.8) is 0 Å². The molecule has 3 aromatic rings. The van der Waals surface area contributed by atoms with E-state index in [0.29, 0.717) is 6.54 Å². The molecule has 0 saturated heterocycles. The molecule has 0 unspecified atom stereocenters. The van der Waals surface area contributed by atoms with Crippen LogP contribution in [-0.2, 0) is 13.6 Å².